The molecular weight excluding hydrogens is 530 g/mol. The Morgan fingerprint density at radius 3 is 1.90 bits per heavy atom. The number of para-hydroxylation sites is 1. The lowest BCUT2D eigenvalue weighted by atomic mass is 9.94. The molecule has 2 heterocycles. The Hall–Kier alpha value is -4.92. The molecule has 1 fully saturated rings. The van der Waals surface area contributed by atoms with Crippen LogP contribution in [0.1, 0.15) is 23.1 Å². The summed E-state index contributed by atoms with van der Waals surface area (Å²) in [5.74, 6) is -2.16. The summed E-state index contributed by atoms with van der Waals surface area (Å²) in [7, 11) is 0. The second kappa shape index (κ2) is 13.6. The van der Waals surface area contributed by atoms with Crippen LogP contribution in [0.4, 0.5) is 0 Å². The molecule has 1 aliphatic rings. The second-order valence-corrected chi connectivity index (χ2v) is 10.6. The Morgan fingerprint density at radius 1 is 0.595 bits per heavy atom. The lowest BCUT2D eigenvalue weighted by Gasteiger charge is -2.25. The van der Waals surface area contributed by atoms with Crippen molar-refractivity contribution >= 4 is 34.5 Å². The van der Waals surface area contributed by atoms with Gasteiger partial charge in [-0.25, -0.2) is 0 Å². The molecule has 1 saturated heterocycles. The number of rotatable bonds is 6. The lowest BCUT2D eigenvalue weighted by molar-refractivity contribution is -0.134. The van der Waals surface area contributed by atoms with E-state index in [9.17, 15) is 19.2 Å². The van der Waals surface area contributed by atoms with Gasteiger partial charge in [0.25, 0.3) is 0 Å². The van der Waals surface area contributed by atoms with Gasteiger partial charge < -0.3 is 26.3 Å². The molecule has 1 aromatic heterocycles. The molecule has 4 amide bonds. The van der Waals surface area contributed by atoms with Crippen molar-refractivity contribution in [2.24, 2.45) is 5.92 Å². The standard InChI is InChI=1S/C33H35N5O4/c39-30-20-24(17-22-9-3-1-4-10-22)31(40)34-15-16-35-32(41)28(18-23-11-5-2-6-12-23)38-33(42)29(37-30)19-25-21-36-27-14-8-7-13-26(25)27/h1-14,21,24,28-29,36H,15-20H2,(H,34,40)(H,35,41)(H,37,39)(H,38,42)/t24?,28-,29-/m0/s1. The van der Waals surface area contributed by atoms with E-state index < -0.39 is 29.8 Å². The van der Waals surface area contributed by atoms with Gasteiger partial charge in [-0.15, -0.1) is 0 Å². The molecule has 216 valence electrons. The number of H-pyrrole nitrogens is 1. The first kappa shape index (κ1) is 28.6. The largest absolute Gasteiger partial charge is 0.361 e. The zero-order valence-electron chi connectivity index (χ0n) is 23.3. The molecular formula is C33H35N5O4. The minimum absolute atomic E-state index is 0.0851. The van der Waals surface area contributed by atoms with Gasteiger partial charge in [0.15, 0.2) is 0 Å². The zero-order chi connectivity index (χ0) is 29.3. The fourth-order valence-corrected chi connectivity index (χ4v) is 5.33. The van der Waals surface area contributed by atoms with Gasteiger partial charge in [-0.1, -0.05) is 78.9 Å². The third-order valence-electron chi connectivity index (χ3n) is 7.52. The number of carbonyl (C=O) groups excluding carboxylic acids is 4. The molecule has 5 rings (SSSR count). The SMILES string of the molecule is O=C1CC(Cc2ccccc2)C(=O)NCCNC(=O)[C@H](Cc2ccccc2)NC(=O)[C@H](Cc2c[nH]c3ccccc23)N1. The van der Waals surface area contributed by atoms with E-state index in [1.54, 1.807) is 0 Å². The smallest absolute Gasteiger partial charge is 0.243 e. The summed E-state index contributed by atoms with van der Waals surface area (Å²) in [6.45, 7) is 0.390. The molecule has 0 aliphatic carbocycles. The van der Waals surface area contributed by atoms with Crippen molar-refractivity contribution in [1.82, 2.24) is 26.3 Å². The van der Waals surface area contributed by atoms with Gasteiger partial charge >= 0.3 is 0 Å². The van der Waals surface area contributed by atoms with Gasteiger partial charge in [0.1, 0.15) is 12.1 Å². The van der Waals surface area contributed by atoms with Crippen LogP contribution in [0, 0.1) is 5.92 Å². The highest BCUT2D eigenvalue weighted by Gasteiger charge is 2.30. The van der Waals surface area contributed by atoms with Gasteiger partial charge in [0.05, 0.1) is 5.92 Å². The summed E-state index contributed by atoms with van der Waals surface area (Å²) >= 11 is 0. The predicted molar refractivity (Wildman–Crippen MR) is 160 cm³/mol. The first-order chi connectivity index (χ1) is 20.5. The maximum absolute atomic E-state index is 13.8. The molecule has 3 atom stereocenters. The number of benzene rings is 3. The number of hydrogen-bond donors (Lipinski definition) is 5. The second-order valence-electron chi connectivity index (χ2n) is 10.6. The number of hydrogen-bond acceptors (Lipinski definition) is 4. The Morgan fingerprint density at radius 2 is 1.19 bits per heavy atom. The topological polar surface area (TPSA) is 132 Å². The summed E-state index contributed by atoms with van der Waals surface area (Å²) < 4.78 is 0. The van der Waals surface area contributed by atoms with Crippen molar-refractivity contribution in [3.05, 3.63) is 108 Å². The van der Waals surface area contributed by atoms with Crippen LogP contribution in [-0.4, -0.2) is 53.8 Å². The van der Waals surface area contributed by atoms with Crippen LogP contribution in [-0.2, 0) is 38.4 Å². The Bertz CT molecular complexity index is 1540. The van der Waals surface area contributed by atoms with Crippen LogP contribution in [0.15, 0.2) is 91.1 Å². The van der Waals surface area contributed by atoms with Gasteiger partial charge in [-0.05, 0) is 29.2 Å². The molecule has 3 aromatic carbocycles. The van der Waals surface area contributed by atoms with E-state index in [4.69, 9.17) is 0 Å². The van der Waals surface area contributed by atoms with Crippen molar-refractivity contribution in [3.8, 4) is 0 Å². The van der Waals surface area contributed by atoms with E-state index in [1.807, 2.05) is 91.1 Å². The highest BCUT2D eigenvalue weighted by Crippen LogP contribution is 2.20. The average molecular weight is 566 g/mol. The van der Waals surface area contributed by atoms with Gasteiger partial charge in [-0.2, -0.15) is 0 Å². The lowest BCUT2D eigenvalue weighted by Crippen LogP contribution is -2.56. The molecule has 0 saturated carbocycles. The average Bonchev–Trinajstić information content (AvgIpc) is 3.41. The van der Waals surface area contributed by atoms with E-state index in [0.29, 0.717) is 6.42 Å². The minimum Gasteiger partial charge on any atom is -0.361 e. The third-order valence-corrected chi connectivity index (χ3v) is 7.52. The van der Waals surface area contributed by atoms with E-state index in [-0.39, 0.29) is 44.2 Å². The Balaban J connectivity index is 1.42. The number of amides is 4. The van der Waals surface area contributed by atoms with Crippen LogP contribution in [0.5, 0.6) is 0 Å². The summed E-state index contributed by atoms with van der Waals surface area (Å²) in [5, 5.41) is 12.4. The van der Waals surface area contributed by atoms with Gasteiger partial charge in [0.2, 0.25) is 23.6 Å². The molecule has 42 heavy (non-hydrogen) atoms. The molecule has 9 nitrogen and oxygen atoms in total. The molecule has 1 unspecified atom stereocenters. The monoisotopic (exact) mass is 565 g/mol. The normalized spacial score (nSPS) is 20.6. The van der Waals surface area contributed by atoms with Crippen molar-refractivity contribution in [1.29, 1.82) is 0 Å². The number of fused-ring (bicyclic) bond motifs is 1. The highest BCUT2D eigenvalue weighted by atomic mass is 16.2. The molecule has 0 spiro atoms. The molecule has 0 radical (unpaired) electrons. The quantitative estimate of drug-likeness (QED) is 0.246. The maximum atomic E-state index is 13.8. The number of nitrogens with one attached hydrogen (secondary N) is 5. The first-order valence-corrected chi connectivity index (χ1v) is 14.2. The summed E-state index contributed by atoms with van der Waals surface area (Å²) in [5.41, 5.74) is 3.58. The van der Waals surface area contributed by atoms with Crippen molar-refractivity contribution < 1.29 is 19.2 Å². The maximum Gasteiger partial charge on any atom is 0.243 e. The number of aromatic amines is 1. The Kier molecular flexibility index (Phi) is 9.28. The first-order valence-electron chi connectivity index (χ1n) is 14.2. The number of aromatic nitrogens is 1. The third kappa shape index (κ3) is 7.42. The fourth-order valence-electron chi connectivity index (χ4n) is 5.33. The minimum atomic E-state index is -0.967. The van der Waals surface area contributed by atoms with E-state index in [2.05, 4.69) is 26.3 Å². The zero-order valence-corrected chi connectivity index (χ0v) is 23.3. The molecule has 9 heteroatoms. The van der Waals surface area contributed by atoms with Crippen LogP contribution >= 0.6 is 0 Å². The van der Waals surface area contributed by atoms with Crippen molar-refractivity contribution in [2.75, 3.05) is 13.1 Å². The summed E-state index contributed by atoms with van der Waals surface area (Å²) in [6, 6.07) is 24.8. The van der Waals surface area contributed by atoms with Gasteiger partial charge in [-0.3, -0.25) is 19.2 Å². The van der Waals surface area contributed by atoms with Crippen molar-refractivity contribution in [2.45, 2.75) is 37.8 Å². The molecule has 4 aromatic rings. The van der Waals surface area contributed by atoms with Crippen LogP contribution in [0.25, 0.3) is 10.9 Å². The van der Waals surface area contributed by atoms with Crippen LogP contribution < -0.4 is 21.3 Å². The molecule has 0 bridgehead atoms. The van der Waals surface area contributed by atoms with E-state index in [0.717, 1.165) is 27.6 Å². The summed E-state index contributed by atoms with van der Waals surface area (Å²) in [4.78, 5) is 56.9. The fraction of sp³-hybridized carbons (Fsp3) is 0.273. The van der Waals surface area contributed by atoms with E-state index in [1.165, 1.54) is 0 Å². The molecule has 5 N–H and O–H groups in total. The van der Waals surface area contributed by atoms with E-state index >= 15 is 0 Å². The summed E-state index contributed by atoms with van der Waals surface area (Å²) in [6.07, 6.45) is 2.59. The van der Waals surface area contributed by atoms with Crippen LogP contribution in [0.2, 0.25) is 0 Å². The van der Waals surface area contributed by atoms with Gasteiger partial charge in [0, 0.05) is 49.5 Å². The Labute approximate surface area is 244 Å². The molecule has 1 aliphatic heterocycles. The van der Waals surface area contributed by atoms with Crippen LogP contribution in [0.3, 0.4) is 0 Å². The van der Waals surface area contributed by atoms with Crippen molar-refractivity contribution in [3.63, 3.8) is 0 Å². The predicted octanol–water partition coefficient (Wildman–Crippen LogP) is 2.42. The highest BCUT2D eigenvalue weighted by molar-refractivity contribution is 5.94. The number of carbonyl (C=O) groups is 4.